The van der Waals surface area contributed by atoms with Gasteiger partial charge in [-0.05, 0) is 31.0 Å². The summed E-state index contributed by atoms with van der Waals surface area (Å²) in [5.41, 5.74) is 1.12. The van der Waals surface area contributed by atoms with Crippen LogP contribution < -0.4 is 9.47 Å². The zero-order chi connectivity index (χ0) is 12.3. The highest BCUT2D eigenvalue weighted by atomic mass is 79.9. The Balaban J connectivity index is 2.17. The van der Waals surface area contributed by atoms with Gasteiger partial charge in [-0.1, -0.05) is 28.9 Å². The first kappa shape index (κ1) is 12.7. The molecule has 1 aromatic carbocycles. The van der Waals surface area contributed by atoms with Crippen molar-refractivity contribution in [3.63, 3.8) is 0 Å². The third-order valence-electron chi connectivity index (χ3n) is 2.64. The molecule has 0 aliphatic carbocycles. The van der Waals surface area contributed by atoms with Crippen molar-refractivity contribution in [1.82, 2.24) is 0 Å². The first-order chi connectivity index (χ1) is 8.22. The molecule has 4 heteroatoms. The Morgan fingerprint density at radius 2 is 2.12 bits per heavy atom. The molecule has 0 aromatic heterocycles. The van der Waals surface area contributed by atoms with Gasteiger partial charge in [0.05, 0.1) is 6.10 Å². The van der Waals surface area contributed by atoms with Crippen molar-refractivity contribution < 1.29 is 14.2 Å². The van der Waals surface area contributed by atoms with E-state index in [1.807, 2.05) is 18.2 Å². The van der Waals surface area contributed by atoms with Gasteiger partial charge in [-0.25, -0.2) is 0 Å². The van der Waals surface area contributed by atoms with Gasteiger partial charge < -0.3 is 14.2 Å². The van der Waals surface area contributed by atoms with Crippen LogP contribution in [0.4, 0.5) is 0 Å². The molecule has 1 heterocycles. The van der Waals surface area contributed by atoms with Gasteiger partial charge in [-0.3, -0.25) is 0 Å². The summed E-state index contributed by atoms with van der Waals surface area (Å²) in [4.78, 5) is 0.259. The summed E-state index contributed by atoms with van der Waals surface area (Å²) < 4.78 is 16.5. The van der Waals surface area contributed by atoms with Crippen molar-refractivity contribution in [2.45, 2.75) is 31.2 Å². The SMILES string of the molecule is CCCO[C@@H](c1ccc2c(c1)OCO2)[C@@H](C)Br. The average Bonchev–Trinajstić information content (AvgIpc) is 2.76. The molecule has 0 amide bonds. The van der Waals surface area contributed by atoms with E-state index in [1.54, 1.807) is 0 Å². The number of alkyl halides is 1. The number of hydrogen-bond acceptors (Lipinski definition) is 3. The molecule has 2 rings (SSSR count). The summed E-state index contributed by atoms with van der Waals surface area (Å²) in [7, 11) is 0. The van der Waals surface area contributed by atoms with Gasteiger partial charge in [-0.2, -0.15) is 0 Å². The lowest BCUT2D eigenvalue weighted by molar-refractivity contribution is 0.0554. The summed E-state index contributed by atoms with van der Waals surface area (Å²) in [5.74, 6) is 1.62. The van der Waals surface area contributed by atoms with Crippen molar-refractivity contribution >= 4 is 15.9 Å². The fourth-order valence-electron chi connectivity index (χ4n) is 1.83. The highest BCUT2D eigenvalue weighted by molar-refractivity contribution is 9.09. The van der Waals surface area contributed by atoms with Crippen LogP contribution in [0.15, 0.2) is 18.2 Å². The minimum atomic E-state index is 0.0458. The smallest absolute Gasteiger partial charge is 0.231 e. The van der Waals surface area contributed by atoms with Gasteiger partial charge in [-0.15, -0.1) is 0 Å². The molecule has 2 atom stereocenters. The lowest BCUT2D eigenvalue weighted by Gasteiger charge is -2.20. The maximum absolute atomic E-state index is 5.86. The van der Waals surface area contributed by atoms with E-state index in [0.29, 0.717) is 6.79 Å². The Kier molecular flexibility index (Phi) is 4.29. The van der Waals surface area contributed by atoms with Gasteiger partial charge in [0.2, 0.25) is 6.79 Å². The van der Waals surface area contributed by atoms with Gasteiger partial charge in [0, 0.05) is 11.4 Å². The summed E-state index contributed by atoms with van der Waals surface area (Å²) in [6.07, 6.45) is 1.06. The molecule has 0 unspecified atom stereocenters. The molecular weight excluding hydrogens is 284 g/mol. The molecule has 0 saturated carbocycles. The standard InChI is InChI=1S/C13H17BrO3/c1-3-6-15-13(9(2)14)10-4-5-11-12(7-10)17-8-16-11/h4-5,7,9,13H,3,6,8H2,1-2H3/t9-,13-/m1/s1. The van der Waals surface area contributed by atoms with E-state index in [-0.39, 0.29) is 10.9 Å². The second-order valence-corrected chi connectivity index (χ2v) is 5.53. The van der Waals surface area contributed by atoms with E-state index in [9.17, 15) is 0 Å². The number of halogens is 1. The Morgan fingerprint density at radius 1 is 1.35 bits per heavy atom. The molecule has 1 aliphatic heterocycles. The van der Waals surface area contributed by atoms with Crippen LogP contribution in [-0.2, 0) is 4.74 Å². The van der Waals surface area contributed by atoms with E-state index >= 15 is 0 Å². The highest BCUT2D eigenvalue weighted by Gasteiger charge is 2.21. The van der Waals surface area contributed by atoms with Crippen LogP contribution >= 0.6 is 15.9 Å². The first-order valence-electron chi connectivity index (χ1n) is 5.87. The fourth-order valence-corrected chi connectivity index (χ4v) is 2.29. The minimum absolute atomic E-state index is 0.0458. The number of rotatable bonds is 5. The summed E-state index contributed by atoms with van der Waals surface area (Å²) in [6.45, 7) is 5.26. The number of hydrogen-bond donors (Lipinski definition) is 0. The zero-order valence-corrected chi connectivity index (χ0v) is 11.7. The van der Waals surface area contributed by atoms with Crippen LogP contribution in [0.25, 0.3) is 0 Å². The van der Waals surface area contributed by atoms with Crippen molar-refractivity contribution in [2.75, 3.05) is 13.4 Å². The maximum atomic E-state index is 5.86. The van der Waals surface area contributed by atoms with Crippen LogP contribution in [-0.4, -0.2) is 18.2 Å². The van der Waals surface area contributed by atoms with E-state index in [0.717, 1.165) is 30.1 Å². The second kappa shape index (κ2) is 5.74. The van der Waals surface area contributed by atoms with Crippen molar-refractivity contribution in [3.05, 3.63) is 23.8 Å². The quantitative estimate of drug-likeness (QED) is 0.777. The van der Waals surface area contributed by atoms with Gasteiger partial charge in [0.25, 0.3) is 0 Å². The molecule has 0 saturated heterocycles. The lowest BCUT2D eigenvalue weighted by Crippen LogP contribution is -2.13. The number of fused-ring (bicyclic) bond motifs is 1. The molecule has 17 heavy (non-hydrogen) atoms. The first-order valence-corrected chi connectivity index (χ1v) is 6.79. The predicted molar refractivity (Wildman–Crippen MR) is 69.9 cm³/mol. The zero-order valence-electron chi connectivity index (χ0n) is 10.1. The van der Waals surface area contributed by atoms with Gasteiger partial charge in [0.1, 0.15) is 0 Å². The molecule has 0 fully saturated rings. The van der Waals surface area contributed by atoms with E-state index in [1.165, 1.54) is 0 Å². The molecule has 1 aliphatic rings. The van der Waals surface area contributed by atoms with Gasteiger partial charge >= 0.3 is 0 Å². The van der Waals surface area contributed by atoms with Crippen molar-refractivity contribution in [2.24, 2.45) is 0 Å². The summed E-state index contributed by atoms with van der Waals surface area (Å²) in [5, 5.41) is 0. The van der Waals surface area contributed by atoms with Crippen LogP contribution in [0.5, 0.6) is 11.5 Å². The molecule has 94 valence electrons. The van der Waals surface area contributed by atoms with E-state index in [4.69, 9.17) is 14.2 Å². The number of benzene rings is 1. The van der Waals surface area contributed by atoms with Crippen LogP contribution in [0, 0.1) is 0 Å². The maximum Gasteiger partial charge on any atom is 0.231 e. The molecule has 0 bridgehead atoms. The molecule has 1 aromatic rings. The second-order valence-electron chi connectivity index (χ2n) is 4.08. The van der Waals surface area contributed by atoms with Crippen molar-refractivity contribution in [3.8, 4) is 11.5 Å². The highest BCUT2D eigenvalue weighted by Crippen LogP contribution is 2.36. The predicted octanol–water partition coefficient (Wildman–Crippen LogP) is 3.67. The summed E-state index contributed by atoms with van der Waals surface area (Å²) >= 11 is 3.59. The Bertz CT molecular complexity index is 379. The molecule has 3 nitrogen and oxygen atoms in total. The van der Waals surface area contributed by atoms with E-state index < -0.39 is 0 Å². The van der Waals surface area contributed by atoms with Crippen LogP contribution in [0.1, 0.15) is 31.9 Å². The molecule has 0 spiro atoms. The molecule has 0 radical (unpaired) electrons. The average molecular weight is 301 g/mol. The normalized spacial score (nSPS) is 16.9. The third-order valence-corrected chi connectivity index (χ3v) is 3.12. The van der Waals surface area contributed by atoms with Crippen LogP contribution in [0.3, 0.4) is 0 Å². The topological polar surface area (TPSA) is 27.7 Å². The Morgan fingerprint density at radius 3 is 2.82 bits per heavy atom. The molecule has 0 N–H and O–H groups in total. The lowest BCUT2D eigenvalue weighted by atomic mass is 10.1. The Hall–Kier alpha value is -0.740. The monoisotopic (exact) mass is 300 g/mol. The Labute approximate surface area is 110 Å². The largest absolute Gasteiger partial charge is 0.454 e. The molecular formula is C13H17BrO3. The van der Waals surface area contributed by atoms with E-state index in [2.05, 4.69) is 29.8 Å². The van der Waals surface area contributed by atoms with Gasteiger partial charge in [0.15, 0.2) is 11.5 Å². The minimum Gasteiger partial charge on any atom is -0.454 e. The number of ether oxygens (including phenoxy) is 3. The third kappa shape index (κ3) is 2.93. The summed E-state index contributed by atoms with van der Waals surface area (Å²) in [6, 6.07) is 5.97. The fraction of sp³-hybridized carbons (Fsp3) is 0.538. The van der Waals surface area contributed by atoms with Crippen LogP contribution in [0.2, 0.25) is 0 Å². The van der Waals surface area contributed by atoms with Crippen molar-refractivity contribution in [1.29, 1.82) is 0 Å².